The molecule has 1 aromatic carbocycles. The summed E-state index contributed by atoms with van der Waals surface area (Å²) < 4.78 is 1.79. The van der Waals surface area contributed by atoms with Gasteiger partial charge in [0.25, 0.3) is 5.91 Å². The summed E-state index contributed by atoms with van der Waals surface area (Å²) in [5.74, 6) is 0.00361. The van der Waals surface area contributed by atoms with Crippen molar-refractivity contribution in [3.63, 3.8) is 0 Å². The largest absolute Gasteiger partial charge is 0.392 e. The van der Waals surface area contributed by atoms with Gasteiger partial charge in [0, 0.05) is 30.8 Å². The van der Waals surface area contributed by atoms with Crippen LogP contribution in [0, 0.1) is 13.8 Å². The predicted octanol–water partition coefficient (Wildman–Crippen LogP) is 2.72. The third-order valence-corrected chi connectivity index (χ3v) is 6.68. The van der Waals surface area contributed by atoms with Crippen LogP contribution >= 0.6 is 11.6 Å². The van der Waals surface area contributed by atoms with E-state index < -0.39 is 0 Å². The smallest absolute Gasteiger partial charge is 0.254 e. The first-order chi connectivity index (χ1) is 14.4. The highest BCUT2D eigenvalue weighted by atomic mass is 35.5. The van der Waals surface area contributed by atoms with Gasteiger partial charge in [0.2, 0.25) is 0 Å². The number of amides is 1. The number of nitrogens with zero attached hydrogens (tertiary/aromatic N) is 5. The summed E-state index contributed by atoms with van der Waals surface area (Å²) in [6.07, 6.45) is 0.513. The highest BCUT2D eigenvalue weighted by Crippen LogP contribution is 2.30. The number of likely N-dealkylation sites (tertiary alicyclic amines) is 1. The van der Waals surface area contributed by atoms with Crippen LogP contribution in [0.2, 0.25) is 5.02 Å². The monoisotopic (exact) mass is 425 g/mol. The van der Waals surface area contributed by atoms with E-state index >= 15 is 0 Å². The fourth-order valence-corrected chi connectivity index (χ4v) is 4.61. The van der Waals surface area contributed by atoms with Crippen LogP contribution in [0.15, 0.2) is 24.3 Å². The van der Waals surface area contributed by atoms with Gasteiger partial charge in [-0.3, -0.25) is 9.69 Å². The number of carbonyl (C=O) groups is 1. The lowest BCUT2D eigenvalue weighted by Crippen LogP contribution is -2.29. The van der Waals surface area contributed by atoms with Gasteiger partial charge in [-0.05, 0) is 31.9 Å². The Morgan fingerprint density at radius 3 is 2.83 bits per heavy atom. The van der Waals surface area contributed by atoms with Gasteiger partial charge in [-0.25, -0.2) is 9.50 Å². The first-order valence-electron chi connectivity index (χ1n) is 10.2. The second kappa shape index (κ2) is 7.34. The Balaban J connectivity index is 1.41. The van der Waals surface area contributed by atoms with Crippen LogP contribution in [0.1, 0.15) is 45.0 Å². The molecule has 0 bridgehead atoms. The second-order valence-electron chi connectivity index (χ2n) is 8.25. The maximum atomic E-state index is 13.4. The molecule has 1 N–H and O–H groups in total. The maximum absolute atomic E-state index is 13.4. The summed E-state index contributed by atoms with van der Waals surface area (Å²) in [5, 5.41) is 15.1. The summed E-state index contributed by atoms with van der Waals surface area (Å²) in [6.45, 7) is 6.94. The lowest BCUT2D eigenvalue weighted by atomic mass is 10.1. The van der Waals surface area contributed by atoms with Crippen LogP contribution in [0.3, 0.4) is 0 Å². The molecule has 1 fully saturated rings. The van der Waals surface area contributed by atoms with Crippen molar-refractivity contribution in [2.24, 2.45) is 0 Å². The second-order valence-corrected chi connectivity index (χ2v) is 8.63. The summed E-state index contributed by atoms with van der Waals surface area (Å²) >= 11 is 6.33. The highest BCUT2D eigenvalue weighted by Gasteiger charge is 2.31. The van der Waals surface area contributed by atoms with E-state index in [9.17, 15) is 9.90 Å². The molecule has 1 amide bonds. The van der Waals surface area contributed by atoms with E-state index in [4.69, 9.17) is 11.6 Å². The van der Waals surface area contributed by atoms with Crippen molar-refractivity contribution in [1.29, 1.82) is 0 Å². The van der Waals surface area contributed by atoms with E-state index in [0.29, 0.717) is 36.8 Å². The molecule has 2 aliphatic rings. The molecule has 156 valence electrons. The van der Waals surface area contributed by atoms with Crippen LogP contribution in [0.4, 0.5) is 0 Å². The molecule has 30 heavy (non-hydrogen) atoms. The molecule has 1 saturated heterocycles. The molecule has 3 aromatic rings. The number of aromatic nitrogens is 3. The minimum Gasteiger partial charge on any atom is -0.392 e. The quantitative estimate of drug-likeness (QED) is 0.698. The average Bonchev–Trinajstić information content (AvgIpc) is 3.42. The zero-order valence-corrected chi connectivity index (χ0v) is 17.9. The number of hydrogen-bond acceptors (Lipinski definition) is 5. The van der Waals surface area contributed by atoms with Crippen molar-refractivity contribution >= 4 is 23.2 Å². The molecule has 0 saturated carbocycles. The highest BCUT2D eigenvalue weighted by molar-refractivity contribution is 6.31. The van der Waals surface area contributed by atoms with Crippen molar-refractivity contribution in [1.82, 2.24) is 24.4 Å². The molecule has 2 aromatic heterocycles. The van der Waals surface area contributed by atoms with E-state index in [1.807, 2.05) is 43.0 Å². The van der Waals surface area contributed by atoms with Gasteiger partial charge in [0.05, 0.1) is 41.3 Å². The lowest BCUT2D eigenvalue weighted by Gasteiger charge is -2.21. The van der Waals surface area contributed by atoms with Crippen molar-refractivity contribution in [2.45, 2.75) is 46.0 Å². The van der Waals surface area contributed by atoms with E-state index in [0.717, 1.165) is 46.8 Å². The molecule has 0 spiro atoms. The Hall–Kier alpha value is -2.48. The Kier molecular flexibility index (Phi) is 4.76. The van der Waals surface area contributed by atoms with Gasteiger partial charge in [-0.2, -0.15) is 5.10 Å². The number of halogens is 1. The number of aliphatic hydroxyl groups is 1. The van der Waals surface area contributed by atoms with E-state index in [1.165, 1.54) is 0 Å². The van der Waals surface area contributed by atoms with E-state index in [-0.39, 0.29) is 12.0 Å². The number of aryl methyl sites for hydroxylation is 2. The molecule has 1 unspecified atom stereocenters. The van der Waals surface area contributed by atoms with Crippen LogP contribution in [0.25, 0.3) is 5.65 Å². The molecular formula is C22H24ClN5O2. The van der Waals surface area contributed by atoms with Crippen LogP contribution in [-0.4, -0.2) is 54.6 Å². The molecule has 1 atom stereocenters. The molecule has 2 aliphatic heterocycles. The van der Waals surface area contributed by atoms with Gasteiger partial charge in [0.15, 0.2) is 5.65 Å². The van der Waals surface area contributed by atoms with Gasteiger partial charge in [-0.15, -0.1) is 0 Å². The molecule has 0 aliphatic carbocycles. The molecular weight excluding hydrogens is 402 g/mol. The first-order valence-corrected chi connectivity index (χ1v) is 10.6. The summed E-state index contributed by atoms with van der Waals surface area (Å²) in [6, 6.07) is 7.75. The maximum Gasteiger partial charge on any atom is 0.254 e. The van der Waals surface area contributed by atoms with Crippen molar-refractivity contribution in [3.8, 4) is 0 Å². The van der Waals surface area contributed by atoms with E-state index in [1.54, 1.807) is 4.52 Å². The minimum atomic E-state index is -0.272. The minimum absolute atomic E-state index is 0.00361. The fraction of sp³-hybridized carbons (Fsp3) is 0.409. The molecule has 5 rings (SSSR count). The topological polar surface area (TPSA) is 74.0 Å². The third kappa shape index (κ3) is 3.17. The Morgan fingerprint density at radius 1 is 1.27 bits per heavy atom. The summed E-state index contributed by atoms with van der Waals surface area (Å²) in [4.78, 5) is 22.0. The van der Waals surface area contributed by atoms with Gasteiger partial charge >= 0.3 is 0 Å². The summed E-state index contributed by atoms with van der Waals surface area (Å²) in [5.41, 5.74) is 5.99. The third-order valence-electron chi connectivity index (χ3n) is 6.13. The van der Waals surface area contributed by atoms with Gasteiger partial charge < -0.3 is 10.0 Å². The molecule has 7 nitrogen and oxygen atoms in total. The average molecular weight is 426 g/mol. The van der Waals surface area contributed by atoms with Crippen molar-refractivity contribution in [3.05, 3.63) is 63.1 Å². The van der Waals surface area contributed by atoms with Crippen LogP contribution < -0.4 is 0 Å². The number of fused-ring (bicyclic) bond motifs is 3. The van der Waals surface area contributed by atoms with Crippen LogP contribution in [-0.2, 0) is 19.6 Å². The Morgan fingerprint density at radius 2 is 2.07 bits per heavy atom. The zero-order valence-electron chi connectivity index (χ0n) is 17.1. The number of β-amino-alcohol motifs (C(OH)–C–C–N with tert-alkyl or cyclic N) is 1. The molecule has 4 heterocycles. The number of aliphatic hydroxyl groups excluding tert-OH is 1. The number of hydrogen-bond donors (Lipinski definition) is 1. The molecule has 8 heteroatoms. The number of rotatable bonds is 3. The first kappa shape index (κ1) is 19.5. The van der Waals surface area contributed by atoms with Gasteiger partial charge in [-0.1, -0.05) is 29.8 Å². The van der Waals surface area contributed by atoms with Crippen molar-refractivity contribution in [2.75, 3.05) is 13.1 Å². The van der Waals surface area contributed by atoms with Crippen LogP contribution in [0.5, 0.6) is 0 Å². The number of benzene rings is 1. The van der Waals surface area contributed by atoms with Gasteiger partial charge in [0.1, 0.15) is 0 Å². The lowest BCUT2D eigenvalue weighted by molar-refractivity contribution is 0.0747. The SMILES string of the molecule is Cc1nc2c3c(nn2c(C)c1Cl)CN(C(=O)c1ccccc1CN1CCC(O)C1)C3. The van der Waals surface area contributed by atoms with Crippen molar-refractivity contribution < 1.29 is 9.90 Å². The fourth-order valence-electron chi connectivity index (χ4n) is 4.49. The standard InChI is InChI=1S/C22H24ClN5O2/c1-13-20(23)14(2)28-21(24-13)18-11-27(12-19(18)25-28)22(30)17-6-4-3-5-15(17)9-26-8-7-16(29)10-26/h3-6,16,29H,7-12H2,1-2H3. The Labute approximate surface area is 179 Å². The van der Waals surface area contributed by atoms with E-state index in [2.05, 4.69) is 15.0 Å². The normalized spacial score (nSPS) is 19.1. The Bertz CT molecular complexity index is 1160. The number of carbonyl (C=O) groups excluding carboxylic acids is 1. The molecule has 0 radical (unpaired) electrons. The zero-order chi connectivity index (χ0) is 21.0. The summed E-state index contributed by atoms with van der Waals surface area (Å²) in [7, 11) is 0. The predicted molar refractivity (Wildman–Crippen MR) is 113 cm³/mol.